The zero-order chi connectivity index (χ0) is 15.7. The molecular weight excluding hydrogens is 318 g/mol. The van der Waals surface area contributed by atoms with Crippen LogP contribution in [-0.4, -0.2) is 34.5 Å². The lowest BCUT2D eigenvalue weighted by Crippen LogP contribution is -2.31. The van der Waals surface area contributed by atoms with Gasteiger partial charge in [0.1, 0.15) is 10.6 Å². The molecular formula is C15H21N3O2S2. The summed E-state index contributed by atoms with van der Waals surface area (Å²) in [6.07, 6.45) is 0.854. The summed E-state index contributed by atoms with van der Waals surface area (Å²) in [5, 5.41) is 1.74. The number of nitrogens with two attached hydrogens (primary N) is 1. The van der Waals surface area contributed by atoms with Gasteiger partial charge < -0.3 is 15.2 Å². The summed E-state index contributed by atoms with van der Waals surface area (Å²) >= 11 is 3.26. The molecule has 7 heteroatoms. The van der Waals surface area contributed by atoms with Gasteiger partial charge in [0.05, 0.1) is 24.2 Å². The summed E-state index contributed by atoms with van der Waals surface area (Å²) in [5.74, 6) is 1.42. The first-order valence-electron chi connectivity index (χ1n) is 7.42. The van der Waals surface area contributed by atoms with Crippen LogP contribution in [0, 0.1) is 0 Å². The lowest BCUT2D eigenvalue weighted by Gasteiger charge is -2.30. The summed E-state index contributed by atoms with van der Waals surface area (Å²) in [6.45, 7) is 8.27. The number of nitrogen functional groups attached to an aromatic ring is 1. The molecule has 22 heavy (non-hydrogen) atoms. The Morgan fingerprint density at radius 2 is 2.23 bits per heavy atom. The van der Waals surface area contributed by atoms with E-state index in [1.165, 1.54) is 10.4 Å². The molecule has 0 amide bonds. The summed E-state index contributed by atoms with van der Waals surface area (Å²) in [5.41, 5.74) is 7.32. The van der Waals surface area contributed by atoms with E-state index in [0.29, 0.717) is 19.0 Å². The number of fused-ring (bicyclic) bond motifs is 3. The number of nitrogens with zero attached hydrogens (tertiary/aromatic N) is 2. The molecule has 120 valence electrons. The molecule has 0 spiro atoms. The van der Waals surface area contributed by atoms with Gasteiger partial charge in [-0.2, -0.15) is 0 Å². The van der Waals surface area contributed by atoms with Crippen molar-refractivity contribution in [3.63, 3.8) is 0 Å². The first-order valence-corrected chi connectivity index (χ1v) is 9.22. The van der Waals surface area contributed by atoms with Crippen LogP contribution in [0.5, 0.6) is 0 Å². The van der Waals surface area contributed by atoms with E-state index >= 15 is 0 Å². The number of rotatable bonds is 5. The minimum atomic E-state index is -0.154. The van der Waals surface area contributed by atoms with E-state index in [1.807, 2.05) is 6.92 Å². The highest BCUT2D eigenvalue weighted by Gasteiger charge is 2.30. The summed E-state index contributed by atoms with van der Waals surface area (Å²) in [4.78, 5) is 11.3. The molecule has 0 saturated carbocycles. The molecule has 2 N–H and O–H groups in total. The highest BCUT2D eigenvalue weighted by molar-refractivity contribution is 7.99. The first kappa shape index (κ1) is 16.0. The largest absolute Gasteiger partial charge is 0.383 e. The van der Waals surface area contributed by atoms with Gasteiger partial charge in [0.15, 0.2) is 5.16 Å². The van der Waals surface area contributed by atoms with E-state index in [0.717, 1.165) is 34.2 Å². The molecule has 0 unspecified atom stereocenters. The van der Waals surface area contributed by atoms with Crippen LogP contribution in [-0.2, 0) is 22.5 Å². The van der Waals surface area contributed by atoms with Crippen LogP contribution in [0.2, 0.25) is 0 Å². The van der Waals surface area contributed by atoms with Crippen molar-refractivity contribution in [2.24, 2.45) is 0 Å². The van der Waals surface area contributed by atoms with Crippen LogP contribution >= 0.6 is 23.1 Å². The number of thiophene rings is 1. The van der Waals surface area contributed by atoms with E-state index in [9.17, 15) is 0 Å². The Hall–Kier alpha value is -0.890. The second-order valence-electron chi connectivity index (χ2n) is 5.85. The van der Waals surface area contributed by atoms with E-state index in [4.69, 9.17) is 15.2 Å². The highest BCUT2D eigenvalue weighted by Crippen LogP contribution is 2.40. The van der Waals surface area contributed by atoms with Crippen molar-refractivity contribution in [2.75, 3.05) is 24.7 Å². The number of hydrogen-bond donors (Lipinski definition) is 1. The fourth-order valence-corrected chi connectivity index (χ4v) is 4.42. The topological polar surface area (TPSA) is 70.3 Å². The SMILES string of the molecule is CCOCCSc1nc(N)c2c3c(sc2n1)COC(C)(C)C3. The fraction of sp³-hybridized carbons (Fsp3) is 0.600. The highest BCUT2D eigenvalue weighted by atomic mass is 32.2. The normalized spacial score (nSPS) is 16.9. The molecule has 1 aliphatic rings. The lowest BCUT2D eigenvalue weighted by atomic mass is 9.94. The molecule has 0 radical (unpaired) electrons. The third-order valence-corrected chi connectivity index (χ3v) is 5.51. The molecule has 2 aromatic heterocycles. The molecule has 0 aromatic carbocycles. The van der Waals surface area contributed by atoms with Crippen LogP contribution < -0.4 is 5.73 Å². The molecule has 3 heterocycles. The van der Waals surface area contributed by atoms with Crippen LogP contribution in [0.4, 0.5) is 5.82 Å². The monoisotopic (exact) mass is 339 g/mol. The Morgan fingerprint density at radius 3 is 3.00 bits per heavy atom. The molecule has 3 rings (SSSR count). The van der Waals surface area contributed by atoms with Crippen molar-refractivity contribution in [3.05, 3.63) is 10.4 Å². The van der Waals surface area contributed by atoms with Gasteiger partial charge in [0.25, 0.3) is 0 Å². The van der Waals surface area contributed by atoms with Gasteiger partial charge in [0, 0.05) is 23.7 Å². The van der Waals surface area contributed by atoms with Crippen LogP contribution in [0.1, 0.15) is 31.2 Å². The minimum absolute atomic E-state index is 0.154. The summed E-state index contributed by atoms with van der Waals surface area (Å²) in [7, 11) is 0. The van der Waals surface area contributed by atoms with E-state index < -0.39 is 0 Å². The van der Waals surface area contributed by atoms with Gasteiger partial charge in [-0.25, -0.2) is 9.97 Å². The second-order valence-corrected chi connectivity index (χ2v) is 7.99. The maximum Gasteiger partial charge on any atom is 0.190 e. The van der Waals surface area contributed by atoms with Gasteiger partial charge in [-0.3, -0.25) is 0 Å². The number of hydrogen-bond acceptors (Lipinski definition) is 7. The molecule has 0 fully saturated rings. The van der Waals surface area contributed by atoms with Gasteiger partial charge in [-0.1, -0.05) is 11.8 Å². The number of thioether (sulfide) groups is 1. The summed E-state index contributed by atoms with van der Waals surface area (Å²) in [6, 6.07) is 0. The average Bonchev–Trinajstić information content (AvgIpc) is 2.80. The van der Waals surface area contributed by atoms with Crippen molar-refractivity contribution < 1.29 is 9.47 Å². The van der Waals surface area contributed by atoms with Gasteiger partial charge >= 0.3 is 0 Å². The smallest absolute Gasteiger partial charge is 0.190 e. The third kappa shape index (κ3) is 3.22. The Balaban J connectivity index is 1.89. The first-order chi connectivity index (χ1) is 10.5. The minimum Gasteiger partial charge on any atom is -0.383 e. The van der Waals surface area contributed by atoms with Gasteiger partial charge in [-0.15, -0.1) is 11.3 Å². The van der Waals surface area contributed by atoms with Crippen LogP contribution in [0.15, 0.2) is 5.16 Å². The Kier molecular flexibility index (Phi) is 4.59. The second kappa shape index (κ2) is 6.31. The quantitative estimate of drug-likeness (QED) is 0.512. The van der Waals surface area contributed by atoms with Crippen molar-refractivity contribution in [3.8, 4) is 0 Å². The van der Waals surface area contributed by atoms with Gasteiger partial charge in [-0.05, 0) is 26.3 Å². The van der Waals surface area contributed by atoms with Crippen molar-refractivity contribution >= 4 is 39.1 Å². The fourth-order valence-electron chi connectivity index (χ4n) is 2.55. The number of anilines is 1. The lowest BCUT2D eigenvalue weighted by molar-refractivity contribution is -0.0379. The molecule has 0 saturated heterocycles. The van der Waals surface area contributed by atoms with E-state index in [-0.39, 0.29) is 5.60 Å². The maximum atomic E-state index is 6.21. The molecule has 0 atom stereocenters. The van der Waals surface area contributed by atoms with Gasteiger partial charge in [0.2, 0.25) is 0 Å². The van der Waals surface area contributed by atoms with Crippen molar-refractivity contribution in [1.82, 2.24) is 9.97 Å². The zero-order valence-corrected chi connectivity index (χ0v) is 14.8. The van der Waals surface area contributed by atoms with Crippen molar-refractivity contribution in [2.45, 2.75) is 44.6 Å². The Morgan fingerprint density at radius 1 is 1.41 bits per heavy atom. The number of aromatic nitrogens is 2. The van der Waals surface area contributed by atoms with E-state index in [1.54, 1.807) is 23.1 Å². The third-order valence-electron chi connectivity index (χ3n) is 3.60. The average molecular weight is 339 g/mol. The molecule has 0 aliphatic carbocycles. The van der Waals surface area contributed by atoms with Crippen LogP contribution in [0.3, 0.4) is 0 Å². The maximum absolute atomic E-state index is 6.21. The molecule has 2 aromatic rings. The van der Waals surface area contributed by atoms with E-state index in [2.05, 4.69) is 23.8 Å². The zero-order valence-electron chi connectivity index (χ0n) is 13.1. The predicted molar refractivity (Wildman–Crippen MR) is 91.6 cm³/mol. The summed E-state index contributed by atoms with van der Waals surface area (Å²) < 4.78 is 11.2. The standard InChI is InChI=1S/C15H21N3O2S2/c1-4-19-5-6-21-14-17-12(16)11-9-7-15(2,3)20-8-10(9)22-13(11)18-14/h4-8H2,1-3H3,(H2,16,17,18). The molecule has 1 aliphatic heterocycles. The Bertz CT molecular complexity index is 685. The van der Waals surface area contributed by atoms with Crippen molar-refractivity contribution in [1.29, 1.82) is 0 Å². The number of ether oxygens (including phenoxy) is 2. The predicted octanol–water partition coefficient (Wildman–Crippen LogP) is 3.25. The van der Waals surface area contributed by atoms with Crippen LogP contribution in [0.25, 0.3) is 10.2 Å². The molecule has 5 nitrogen and oxygen atoms in total. The Labute approximate surface area is 138 Å². The molecule has 0 bridgehead atoms.